The molecule has 4 atom stereocenters. The van der Waals surface area contributed by atoms with Gasteiger partial charge in [0, 0.05) is 6.04 Å². The van der Waals surface area contributed by atoms with Crippen LogP contribution in [0.25, 0.3) is 0 Å². The van der Waals surface area contributed by atoms with Gasteiger partial charge in [0.05, 0.1) is 0 Å². The lowest BCUT2D eigenvalue weighted by molar-refractivity contribution is 0.109. The Morgan fingerprint density at radius 1 is 1.20 bits per heavy atom. The topological polar surface area (TPSA) is 38.0 Å². The zero-order valence-electron chi connectivity index (χ0n) is 10.0. The first-order valence-corrected chi connectivity index (χ1v) is 6.73. The van der Waals surface area contributed by atoms with Crippen molar-refractivity contribution in [3.8, 4) is 0 Å². The van der Waals surface area contributed by atoms with E-state index >= 15 is 0 Å². The summed E-state index contributed by atoms with van der Waals surface area (Å²) >= 11 is 0. The first-order valence-electron chi connectivity index (χ1n) is 6.73. The monoisotopic (exact) mass is 210 g/mol. The number of hydrogen-bond acceptors (Lipinski definition) is 2. The van der Waals surface area contributed by atoms with Crippen LogP contribution >= 0.6 is 0 Å². The summed E-state index contributed by atoms with van der Waals surface area (Å²) in [6, 6.07) is 0.801. The molecule has 2 saturated carbocycles. The summed E-state index contributed by atoms with van der Waals surface area (Å²) in [5.74, 6) is 2.98. The van der Waals surface area contributed by atoms with Gasteiger partial charge < -0.3 is 11.1 Å². The van der Waals surface area contributed by atoms with Crippen LogP contribution in [0.4, 0.5) is 0 Å². The van der Waals surface area contributed by atoms with Crippen LogP contribution in [-0.4, -0.2) is 19.1 Å². The zero-order valence-corrected chi connectivity index (χ0v) is 10.0. The van der Waals surface area contributed by atoms with Crippen LogP contribution < -0.4 is 11.1 Å². The largest absolute Gasteiger partial charge is 0.330 e. The number of nitrogens with one attached hydrogen (secondary N) is 1. The van der Waals surface area contributed by atoms with Crippen LogP contribution in [0.15, 0.2) is 0 Å². The van der Waals surface area contributed by atoms with E-state index in [2.05, 4.69) is 12.2 Å². The number of rotatable bonds is 4. The molecule has 2 fully saturated rings. The van der Waals surface area contributed by atoms with Gasteiger partial charge in [-0.25, -0.2) is 0 Å². The maximum absolute atomic E-state index is 5.53. The van der Waals surface area contributed by atoms with Crippen molar-refractivity contribution in [3.63, 3.8) is 0 Å². The number of fused-ring (bicyclic) bond motifs is 2. The van der Waals surface area contributed by atoms with E-state index in [1.54, 1.807) is 0 Å². The molecular formula is C13H26N2. The fourth-order valence-electron chi connectivity index (χ4n) is 3.68. The summed E-state index contributed by atoms with van der Waals surface area (Å²) in [5.41, 5.74) is 5.53. The Hall–Kier alpha value is -0.0800. The van der Waals surface area contributed by atoms with E-state index in [0.29, 0.717) is 0 Å². The molecule has 2 nitrogen and oxygen atoms in total. The lowest BCUT2D eigenvalue weighted by atomic mass is 9.66. The molecule has 0 radical (unpaired) electrons. The maximum Gasteiger partial charge on any atom is 0.00956 e. The minimum Gasteiger partial charge on any atom is -0.330 e. The highest BCUT2D eigenvalue weighted by Gasteiger charge is 2.35. The van der Waals surface area contributed by atoms with Crippen molar-refractivity contribution in [2.24, 2.45) is 23.5 Å². The molecule has 0 aliphatic heterocycles. The molecule has 2 aliphatic rings. The Bertz CT molecular complexity index is 191. The Kier molecular flexibility index (Phi) is 4.04. The van der Waals surface area contributed by atoms with Crippen molar-refractivity contribution in [2.75, 3.05) is 13.1 Å². The summed E-state index contributed by atoms with van der Waals surface area (Å²) in [4.78, 5) is 0. The van der Waals surface area contributed by atoms with Gasteiger partial charge in [0.25, 0.3) is 0 Å². The lowest BCUT2D eigenvalue weighted by Gasteiger charge is -2.43. The van der Waals surface area contributed by atoms with Gasteiger partial charge in [0.15, 0.2) is 0 Å². The second-order valence-electron chi connectivity index (χ2n) is 5.72. The molecule has 0 heterocycles. The van der Waals surface area contributed by atoms with Gasteiger partial charge in [-0.1, -0.05) is 6.92 Å². The standard InChI is InChI=1S/C13H26N2/c1-10-7-11-3-4-13(12(8-10)9-11)15-6-2-5-14/h10-13,15H,2-9,14H2,1H3/t10-,11?,12?,13?/m1/s1. The summed E-state index contributed by atoms with van der Waals surface area (Å²) in [7, 11) is 0. The molecule has 0 aromatic heterocycles. The van der Waals surface area contributed by atoms with Crippen LogP contribution in [0.1, 0.15) is 45.4 Å². The first kappa shape index (κ1) is 11.4. The van der Waals surface area contributed by atoms with E-state index in [9.17, 15) is 0 Å². The Labute approximate surface area is 94.0 Å². The highest BCUT2D eigenvalue weighted by atomic mass is 14.9. The minimum absolute atomic E-state index is 0.801. The fraction of sp³-hybridized carbons (Fsp3) is 1.00. The molecule has 2 rings (SSSR count). The van der Waals surface area contributed by atoms with Gasteiger partial charge in [0.1, 0.15) is 0 Å². The van der Waals surface area contributed by atoms with Crippen LogP contribution in [-0.2, 0) is 0 Å². The Morgan fingerprint density at radius 3 is 2.87 bits per heavy atom. The number of nitrogens with two attached hydrogens (primary N) is 1. The summed E-state index contributed by atoms with van der Waals surface area (Å²) in [6.45, 7) is 4.38. The average Bonchev–Trinajstić information content (AvgIpc) is 2.21. The zero-order chi connectivity index (χ0) is 10.7. The third-order valence-electron chi connectivity index (χ3n) is 4.32. The minimum atomic E-state index is 0.801. The van der Waals surface area contributed by atoms with E-state index in [1.165, 1.54) is 32.1 Å². The van der Waals surface area contributed by atoms with Gasteiger partial charge in [-0.05, 0) is 69.4 Å². The summed E-state index contributed by atoms with van der Waals surface area (Å²) in [5, 5.41) is 3.72. The Balaban J connectivity index is 1.80. The van der Waals surface area contributed by atoms with Crippen molar-refractivity contribution in [1.29, 1.82) is 0 Å². The van der Waals surface area contributed by atoms with Crippen molar-refractivity contribution in [1.82, 2.24) is 5.32 Å². The molecule has 0 aromatic rings. The van der Waals surface area contributed by atoms with Crippen molar-refractivity contribution < 1.29 is 0 Å². The SMILES string of the molecule is C[C@@H]1CC2CCC(NCCCN)C(C2)C1. The van der Waals surface area contributed by atoms with E-state index < -0.39 is 0 Å². The van der Waals surface area contributed by atoms with Gasteiger partial charge in [-0.3, -0.25) is 0 Å². The van der Waals surface area contributed by atoms with Gasteiger partial charge in [-0.2, -0.15) is 0 Å². The van der Waals surface area contributed by atoms with Gasteiger partial charge in [-0.15, -0.1) is 0 Å². The van der Waals surface area contributed by atoms with Gasteiger partial charge in [0.2, 0.25) is 0 Å². The predicted octanol–water partition coefficient (Wildman–Crippen LogP) is 2.14. The molecular weight excluding hydrogens is 184 g/mol. The summed E-state index contributed by atoms with van der Waals surface area (Å²) < 4.78 is 0. The Morgan fingerprint density at radius 2 is 2.07 bits per heavy atom. The van der Waals surface area contributed by atoms with Crippen molar-refractivity contribution >= 4 is 0 Å². The molecule has 15 heavy (non-hydrogen) atoms. The highest BCUT2D eigenvalue weighted by molar-refractivity contribution is 4.90. The summed E-state index contributed by atoms with van der Waals surface area (Å²) in [6.07, 6.45) is 8.43. The average molecular weight is 210 g/mol. The molecule has 0 spiro atoms. The fourth-order valence-corrected chi connectivity index (χ4v) is 3.68. The van der Waals surface area contributed by atoms with E-state index in [1.807, 2.05) is 0 Å². The second-order valence-corrected chi connectivity index (χ2v) is 5.72. The van der Waals surface area contributed by atoms with E-state index in [0.717, 1.165) is 43.3 Å². The molecule has 0 amide bonds. The quantitative estimate of drug-likeness (QED) is 0.698. The van der Waals surface area contributed by atoms with E-state index in [-0.39, 0.29) is 0 Å². The molecule has 2 heteroatoms. The third kappa shape index (κ3) is 2.94. The second kappa shape index (κ2) is 5.31. The molecule has 0 aromatic carbocycles. The molecule has 3 unspecified atom stereocenters. The van der Waals surface area contributed by atoms with E-state index in [4.69, 9.17) is 5.73 Å². The van der Waals surface area contributed by atoms with Crippen LogP contribution in [0.2, 0.25) is 0 Å². The third-order valence-corrected chi connectivity index (χ3v) is 4.32. The van der Waals surface area contributed by atoms with Crippen LogP contribution in [0.3, 0.4) is 0 Å². The van der Waals surface area contributed by atoms with Gasteiger partial charge >= 0.3 is 0 Å². The van der Waals surface area contributed by atoms with Crippen LogP contribution in [0, 0.1) is 17.8 Å². The first-order chi connectivity index (χ1) is 7.29. The molecule has 2 bridgehead atoms. The maximum atomic E-state index is 5.53. The van der Waals surface area contributed by atoms with Crippen molar-refractivity contribution in [2.45, 2.75) is 51.5 Å². The normalized spacial score (nSPS) is 40.4. The molecule has 2 aliphatic carbocycles. The molecule has 3 N–H and O–H groups in total. The highest BCUT2D eigenvalue weighted by Crippen LogP contribution is 2.42. The van der Waals surface area contributed by atoms with Crippen LogP contribution in [0.5, 0.6) is 0 Å². The smallest absolute Gasteiger partial charge is 0.00956 e. The number of hydrogen-bond donors (Lipinski definition) is 2. The molecule has 88 valence electrons. The molecule has 0 saturated heterocycles. The van der Waals surface area contributed by atoms with Crippen molar-refractivity contribution in [3.05, 3.63) is 0 Å². The predicted molar refractivity (Wildman–Crippen MR) is 64.7 cm³/mol. The lowest BCUT2D eigenvalue weighted by Crippen LogP contribution is -2.44.